The molecule has 84 valence electrons. The number of amides is 1. The molecule has 0 radical (unpaired) electrons. The highest BCUT2D eigenvalue weighted by molar-refractivity contribution is 5.77. The van der Waals surface area contributed by atoms with Gasteiger partial charge in [-0.3, -0.25) is 10.1 Å². The molecule has 1 N–H and O–H groups in total. The molecule has 0 spiro atoms. The van der Waals surface area contributed by atoms with Gasteiger partial charge in [0.15, 0.2) is 6.23 Å². The molecule has 5 heteroatoms. The van der Waals surface area contributed by atoms with Crippen molar-refractivity contribution in [2.45, 2.75) is 19.3 Å². The monoisotopic (exact) mass is 221 g/mol. The van der Waals surface area contributed by atoms with Gasteiger partial charge in [-0.1, -0.05) is 30.3 Å². The molecule has 1 amide bonds. The van der Waals surface area contributed by atoms with E-state index >= 15 is 0 Å². The zero-order chi connectivity index (χ0) is 11.4. The maximum Gasteiger partial charge on any atom is 0.410 e. The Labute approximate surface area is 92.4 Å². The zero-order valence-electron chi connectivity index (χ0n) is 8.51. The lowest BCUT2D eigenvalue weighted by Crippen LogP contribution is -2.47. The largest absolute Gasteiger partial charge is 0.445 e. The first kappa shape index (κ1) is 10.5. The number of hydrogen-bond acceptors (Lipinski definition) is 4. The van der Waals surface area contributed by atoms with Crippen LogP contribution in [0.4, 0.5) is 4.79 Å². The van der Waals surface area contributed by atoms with Crippen molar-refractivity contribution in [1.82, 2.24) is 5.32 Å². The van der Waals surface area contributed by atoms with Crippen LogP contribution in [0.2, 0.25) is 0 Å². The van der Waals surface area contributed by atoms with Crippen molar-refractivity contribution in [3.05, 3.63) is 35.9 Å². The number of carbonyl (C=O) groups excluding carboxylic acids is 2. The minimum absolute atomic E-state index is 0.202. The Morgan fingerprint density at radius 1 is 1.44 bits per heavy atom. The second kappa shape index (κ2) is 4.65. The van der Waals surface area contributed by atoms with Gasteiger partial charge in [0.25, 0.3) is 0 Å². The van der Waals surface area contributed by atoms with Gasteiger partial charge in [-0.25, -0.2) is 4.79 Å². The molecule has 1 atom stereocenters. The van der Waals surface area contributed by atoms with Gasteiger partial charge in [-0.05, 0) is 5.56 Å². The maximum atomic E-state index is 11.2. The average molecular weight is 221 g/mol. The third kappa shape index (κ3) is 2.73. The maximum absolute atomic E-state index is 11.2. The Hall–Kier alpha value is -2.04. The number of hydrogen-bond donors (Lipinski definition) is 1. The van der Waals surface area contributed by atoms with Crippen LogP contribution in [-0.4, -0.2) is 18.3 Å². The van der Waals surface area contributed by atoms with Gasteiger partial charge in [0.1, 0.15) is 13.0 Å². The zero-order valence-corrected chi connectivity index (χ0v) is 8.51. The van der Waals surface area contributed by atoms with Gasteiger partial charge in [-0.2, -0.15) is 0 Å². The van der Waals surface area contributed by atoms with Crippen LogP contribution in [0.1, 0.15) is 12.0 Å². The summed E-state index contributed by atoms with van der Waals surface area (Å²) in [6, 6.07) is 9.33. The predicted molar refractivity (Wildman–Crippen MR) is 54.3 cm³/mol. The summed E-state index contributed by atoms with van der Waals surface area (Å²) in [4.78, 5) is 21.7. The summed E-state index contributed by atoms with van der Waals surface area (Å²) in [5, 5.41) is 2.41. The van der Waals surface area contributed by atoms with Gasteiger partial charge >= 0.3 is 12.1 Å². The molecule has 1 heterocycles. The number of cyclic esters (lactones) is 1. The van der Waals surface area contributed by atoms with Crippen molar-refractivity contribution in [1.29, 1.82) is 0 Å². The second-order valence-corrected chi connectivity index (χ2v) is 3.39. The molecule has 0 bridgehead atoms. The summed E-state index contributed by atoms with van der Waals surface area (Å²) in [6.45, 7) is 0.202. The fraction of sp³-hybridized carbons (Fsp3) is 0.273. The summed E-state index contributed by atoms with van der Waals surface area (Å²) in [7, 11) is 0. The lowest BCUT2D eigenvalue weighted by Gasteiger charge is -2.25. The van der Waals surface area contributed by atoms with Crippen LogP contribution in [0.3, 0.4) is 0 Å². The van der Waals surface area contributed by atoms with Crippen molar-refractivity contribution < 1.29 is 19.1 Å². The lowest BCUT2D eigenvalue weighted by atomic mass is 10.2. The first-order valence-electron chi connectivity index (χ1n) is 4.91. The summed E-state index contributed by atoms with van der Waals surface area (Å²) >= 11 is 0. The Morgan fingerprint density at radius 3 is 2.75 bits per heavy atom. The minimum atomic E-state index is -0.582. The van der Waals surface area contributed by atoms with Gasteiger partial charge in [0.2, 0.25) is 0 Å². The molecular formula is C11H11NO4. The molecule has 1 aromatic rings. The summed E-state index contributed by atoms with van der Waals surface area (Å²) in [6.07, 6.45) is -0.905. The molecule has 1 unspecified atom stereocenters. The predicted octanol–water partition coefficient (Wildman–Crippen LogP) is 1.19. The highest BCUT2D eigenvalue weighted by Crippen LogP contribution is 2.10. The number of benzene rings is 1. The number of ether oxygens (including phenoxy) is 2. The number of rotatable bonds is 3. The summed E-state index contributed by atoms with van der Waals surface area (Å²) < 4.78 is 9.54. The molecule has 0 aromatic heterocycles. The summed E-state index contributed by atoms with van der Waals surface area (Å²) in [5.74, 6) is -0.312. The quantitative estimate of drug-likeness (QED) is 0.778. The number of esters is 1. The second-order valence-electron chi connectivity index (χ2n) is 3.39. The third-order valence-corrected chi connectivity index (χ3v) is 2.12. The van der Waals surface area contributed by atoms with Gasteiger partial charge in [0.05, 0.1) is 0 Å². The van der Waals surface area contributed by atoms with E-state index < -0.39 is 12.3 Å². The molecule has 5 nitrogen and oxygen atoms in total. The van der Waals surface area contributed by atoms with E-state index in [1.807, 2.05) is 30.3 Å². The first-order chi connectivity index (χ1) is 7.74. The van der Waals surface area contributed by atoms with Crippen molar-refractivity contribution in [2.75, 3.05) is 0 Å². The normalized spacial score (nSPS) is 18.2. The van der Waals surface area contributed by atoms with E-state index in [1.54, 1.807) is 0 Å². The average Bonchev–Trinajstić information content (AvgIpc) is 2.26. The molecule has 16 heavy (non-hydrogen) atoms. The number of carbonyl (C=O) groups is 2. The van der Waals surface area contributed by atoms with Crippen molar-refractivity contribution in [3.63, 3.8) is 0 Å². The fourth-order valence-corrected chi connectivity index (χ4v) is 1.28. The van der Waals surface area contributed by atoms with Crippen LogP contribution in [0.25, 0.3) is 0 Å². The molecule has 0 aliphatic carbocycles. The molecule has 1 saturated heterocycles. The van der Waals surface area contributed by atoms with E-state index in [0.29, 0.717) is 0 Å². The highest BCUT2D eigenvalue weighted by Gasteiger charge is 2.30. The standard InChI is InChI=1S/C11H11NO4/c13-10-6-9(16-10)12-11(14)15-7-8-4-2-1-3-5-8/h1-5,9H,6-7H2,(H,12,14). The van der Waals surface area contributed by atoms with Crippen molar-refractivity contribution >= 4 is 12.1 Å². The van der Waals surface area contributed by atoms with Crippen molar-refractivity contribution in [3.8, 4) is 0 Å². The smallest absolute Gasteiger partial charge is 0.410 e. The third-order valence-electron chi connectivity index (χ3n) is 2.12. The molecule has 1 aliphatic heterocycles. The van der Waals surface area contributed by atoms with Crippen LogP contribution < -0.4 is 5.32 Å². The minimum Gasteiger partial charge on any atom is -0.445 e. The van der Waals surface area contributed by atoms with E-state index in [2.05, 4.69) is 10.1 Å². The number of alkyl carbamates (subject to hydrolysis) is 1. The van der Waals surface area contributed by atoms with E-state index in [4.69, 9.17) is 4.74 Å². The van der Waals surface area contributed by atoms with E-state index in [9.17, 15) is 9.59 Å². The Kier molecular flexibility index (Phi) is 3.05. The number of nitrogens with one attached hydrogen (secondary N) is 1. The van der Waals surface area contributed by atoms with E-state index in [0.717, 1.165) is 5.56 Å². The van der Waals surface area contributed by atoms with Gasteiger partial charge in [0, 0.05) is 0 Å². The topological polar surface area (TPSA) is 64.6 Å². The van der Waals surface area contributed by atoms with Crippen LogP contribution >= 0.6 is 0 Å². The molecular weight excluding hydrogens is 210 g/mol. The van der Waals surface area contributed by atoms with Gasteiger partial charge in [-0.15, -0.1) is 0 Å². The SMILES string of the molecule is O=C1CC(NC(=O)OCc2ccccc2)O1. The van der Waals surface area contributed by atoms with Crippen LogP contribution in [0, 0.1) is 0 Å². The molecule has 0 saturated carbocycles. The fourth-order valence-electron chi connectivity index (χ4n) is 1.28. The van der Waals surface area contributed by atoms with Gasteiger partial charge < -0.3 is 9.47 Å². The Bertz CT molecular complexity index is 382. The Balaban J connectivity index is 1.70. The van der Waals surface area contributed by atoms with E-state index in [-0.39, 0.29) is 19.0 Å². The van der Waals surface area contributed by atoms with Crippen molar-refractivity contribution in [2.24, 2.45) is 0 Å². The summed E-state index contributed by atoms with van der Waals surface area (Å²) in [5.41, 5.74) is 0.906. The Morgan fingerprint density at radius 2 is 2.12 bits per heavy atom. The van der Waals surface area contributed by atoms with Crippen LogP contribution in [-0.2, 0) is 20.9 Å². The molecule has 1 aliphatic rings. The highest BCUT2D eigenvalue weighted by atomic mass is 16.6. The molecule has 1 aromatic carbocycles. The lowest BCUT2D eigenvalue weighted by molar-refractivity contribution is -0.171. The van der Waals surface area contributed by atoms with Crippen LogP contribution in [0.5, 0.6) is 0 Å². The molecule has 1 fully saturated rings. The molecule has 2 rings (SSSR count). The van der Waals surface area contributed by atoms with E-state index in [1.165, 1.54) is 0 Å². The first-order valence-corrected chi connectivity index (χ1v) is 4.91. The van der Waals surface area contributed by atoms with Crippen LogP contribution in [0.15, 0.2) is 30.3 Å².